The minimum Gasteiger partial charge on any atom is -0.507 e. The van der Waals surface area contributed by atoms with E-state index in [-0.39, 0.29) is 23.6 Å². The van der Waals surface area contributed by atoms with Gasteiger partial charge >= 0.3 is 5.97 Å². The van der Waals surface area contributed by atoms with Crippen molar-refractivity contribution in [2.75, 3.05) is 11.9 Å². The number of anilines is 1. The first-order chi connectivity index (χ1) is 11.1. The number of amides is 1. The molecule has 0 fully saturated rings. The molecule has 0 saturated heterocycles. The molecule has 0 atom stereocenters. The van der Waals surface area contributed by atoms with Crippen molar-refractivity contribution in [1.82, 2.24) is 0 Å². The lowest BCUT2D eigenvalue weighted by Gasteiger charge is -2.08. The summed E-state index contributed by atoms with van der Waals surface area (Å²) in [6, 6.07) is 13.2. The van der Waals surface area contributed by atoms with Crippen molar-refractivity contribution in [2.45, 2.75) is 12.8 Å². The van der Waals surface area contributed by atoms with Crippen molar-refractivity contribution in [3.8, 4) is 11.5 Å². The Hall–Kier alpha value is -3.02. The maximum atomic E-state index is 11.8. The highest BCUT2D eigenvalue weighted by molar-refractivity contribution is 5.95. The summed E-state index contributed by atoms with van der Waals surface area (Å²) in [6.45, 7) is 0.410. The molecule has 0 aliphatic carbocycles. The first kappa shape index (κ1) is 16.4. The molecule has 1 amide bonds. The zero-order chi connectivity index (χ0) is 16.7. The van der Waals surface area contributed by atoms with Crippen LogP contribution in [0.25, 0.3) is 0 Å². The molecule has 0 aromatic heterocycles. The van der Waals surface area contributed by atoms with Crippen LogP contribution in [0.5, 0.6) is 11.5 Å². The Kier molecular flexibility index (Phi) is 5.57. The third-order valence-corrected chi connectivity index (χ3v) is 3.07. The second kappa shape index (κ2) is 7.84. The van der Waals surface area contributed by atoms with Crippen molar-refractivity contribution in [3.05, 3.63) is 54.1 Å². The number of aromatic carboxylic acids is 1. The van der Waals surface area contributed by atoms with E-state index in [4.69, 9.17) is 9.84 Å². The van der Waals surface area contributed by atoms with Gasteiger partial charge in [-0.3, -0.25) is 4.79 Å². The van der Waals surface area contributed by atoms with Crippen LogP contribution in [0.15, 0.2) is 48.5 Å². The molecule has 0 saturated carbocycles. The van der Waals surface area contributed by atoms with Crippen LogP contribution in [0.1, 0.15) is 23.2 Å². The summed E-state index contributed by atoms with van der Waals surface area (Å²) in [6.07, 6.45) is 0.778. The number of benzene rings is 2. The van der Waals surface area contributed by atoms with Gasteiger partial charge in [-0.05, 0) is 36.8 Å². The Bertz CT molecular complexity index is 685. The second-order valence-corrected chi connectivity index (χ2v) is 4.85. The summed E-state index contributed by atoms with van der Waals surface area (Å²) < 4.78 is 5.48. The second-order valence-electron chi connectivity index (χ2n) is 4.85. The molecule has 6 heteroatoms. The highest BCUT2D eigenvalue weighted by atomic mass is 16.5. The van der Waals surface area contributed by atoms with E-state index in [1.54, 1.807) is 0 Å². The lowest BCUT2D eigenvalue weighted by molar-refractivity contribution is -0.116. The van der Waals surface area contributed by atoms with Crippen molar-refractivity contribution in [2.24, 2.45) is 0 Å². The summed E-state index contributed by atoms with van der Waals surface area (Å²) in [5.41, 5.74) is 0.0735. The number of rotatable bonds is 7. The maximum absolute atomic E-state index is 11.8. The minimum atomic E-state index is -1.25. The molecule has 2 aromatic carbocycles. The number of carbonyl (C=O) groups is 2. The van der Waals surface area contributed by atoms with E-state index in [1.807, 2.05) is 30.3 Å². The van der Waals surface area contributed by atoms with Crippen LogP contribution in [-0.2, 0) is 4.79 Å². The lowest BCUT2D eigenvalue weighted by atomic mass is 10.1. The Morgan fingerprint density at radius 3 is 2.52 bits per heavy atom. The SMILES string of the molecule is O=C(CCCOc1ccccc1)Nc1ccc(O)c(C(=O)O)c1. The highest BCUT2D eigenvalue weighted by Crippen LogP contribution is 2.21. The molecule has 6 nitrogen and oxygen atoms in total. The topological polar surface area (TPSA) is 95.9 Å². The Labute approximate surface area is 133 Å². The predicted molar refractivity (Wildman–Crippen MR) is 84.9 cm³/mol. The van der Waals surface area contributed by atoms with Crippen LogP contribution in [0.2, 0.25) is 0 Å². The molecule has 0 aliphatic heterocycles. The van der Waals surface area contributed by atoms with E-state index >= 15 is 0 Å². The van der Waals surface area contributed by atoms with E-state index in [2.05, 4.69) is 5.32 Å². The molecule has 2 aromatic rings. The summed E-state index contributed by atoms with van der Waals surface area (Å²) in [5.74, 6) is -1.09. The number of hydrogen-bond acceptors (Lipinski definition) is 4. The number of nitrogens with one attached hydrogen (secondary N) is 1. The predicted octanol–water partition coefficient (Wildman–Crippen LogP) is 2.89. The molecule has 0 aliphatic rings. The van der Waals surface area contributed by atoms with Gasteiger partial charge in [0.15, 0.2) is 0 Å². The summed E-state index contributed by atoms with van der Waals surface area (Å²) >= 11 is 0. The fraction of sp³-hybridized carbons (Fsp3) is 0.176. The highest BCUT2D eigenvalue weighted by Gasteiger charge is 2.11. The fourth-order valence-electron chi connectivity index (χ4n) is 1.95. The number of ether oxygens (including phenoxy) is 1. The van der Waals surface area contributed by atoms with Crippen LogP contribution >= 0.6 is 0 Å². The smallest absolute Gasteiger partial charge is 0.339 e. The monoisotopic (exact) mass is 315 g/mol. The number of para-hydroxylation sites is 1. The average molecular weight is 315 g/mol. The van der Waals surface area contributed by atoms with Gasteiger partial charge in [-0.2, -0.15) is 0 Å². The van der Waals surface area contributed by atoms with Crippen LogP contribution < -0.4 is 10.1 Å². The van der Waals surface area contributed by atoms with Crippen LogP contribution in [0.4, 0.5) is 5.69 Å². The molecule has 0 spiro atoms. The molecule has 0 radical (unpaired) electrons. The molecule has 120 valence electrons. The van der Waals surface area contributed by atoms with E-state index < -0.39 is 5.97 Å². The molecule has 0 bridgehead atoms. The lowest BCUT2D eigenvalue weighted by Crippen LogP contribution is -2.13. The number of carboxylic acids is 1. The largest absolute Gasteiger partial charge is 0.507 e. The van der Waals surface area contributed by atoms with E-state index in [0.717, 1.165) is 5.75 Å². The molecular weight excluding hydrogens is 298 g/mol. The quantitative estimate of drug-likeness (QED) is 0.539. The number of carbonyl (C=O) groups excluding carboxylic acids is 1. The van der Waals surface area contributed by atoms with Gasteiger partial charge in [0.05, 0.1) is 6.61 Å². The number of phenols is 1. The van der Waals surface area contributed by atoms with Gasteiger partial charge in [0, 0.05) is 12.1 Å². The van der Waals surface area contributed by atoms with Gasteiger partial charge in [-0.25, -0.2) is 4.79 Å². The van der Waals surface area contributed by atoms with E-state index in [1.165, 1.54) is 18.2 Å². The zero-order valence-corrected chi connectivity index (χ0v) is 12.4. The van der Waals surface area contributed by atoms with Crippen molar-refractivity contribution in [1.29, 1.82) is 0 Å². The molecule has 3 N–H and O–H groups in total. The van der Waals surface area contributed by atoms with Gasteiger partial charge < -0.3 is 20.3 Å². The Balaban J connectivity index is 1.79. The first-order valence-corrected chi connectivity index (χ1v) is 7.10. The third kappa shape index (κ3) is 5.03. The number of aromatic hydroxyl groups is 1. The van der Waals surface area contributed by atoms with Crippen LogP contribution in [0.3, 0.4) is 0 Å². The Morgan fingerprint density at radius 1 is 1.09 bits per heavy atom. The van der Waals surface area contributed by atoms with Gasteiger partial charge in [-0.15, -0.1) is 0 Å². The third-order valence-electron chi connectivity index (χ3n) is 3.07. The van der Waals surface area contributed by atoms with E-state index in [0.29, 0.717) is 18.7 Å². The average Bonchev–Trinajstić information content (AvgIpc) is 2.54. The fourth-order valence-corrected chi connectivity index (χ4v) is 1.95. The molecule has 0 heterocycles. The minimum absolute atomic E-state index is 0.246. The molecular formula is C17H17NO5. The summed E-state index contributed by atoms with van der Waals surface area (Å²) in [4.78, 5) is 22.7. The van der Waals surface area contributed by atoms with Crippen molar-refractivity contribution >= 4 is 17.6 Å². The van der Waals surface area contributed by atoms with Crippen molar-refractivity contribution in [3.63, 3.8) is 0 Å². The summed E-state index contributed by atoms with van der Waals surface area (Å²) in [5, 5.41) is 20.9. The van der Waals surface area contributed by atoms with Crippen LogP contribution in [-0.4, -0.2) is 28.7 Å². The van der Waals surface area contributed by atoms with Crippen LogP contribution in [0, 0.1) is 0 Å². The molecule has 0 unspecified atom stereocenters. The van der Waals surface area contributed by atoms with Gasteiger partial charge in [-0.1, -0.05) is 18.2 Å². The number of hydrogen-bond donors (Lipinski definition) is 3. The zero-order valence-electron chi connectivity index (χ0n) is 12.4. The first-order valence-electron chi connectivity index (χ1n) is 7.10. The van der Waals surface area contributed by atoms with Gasteiger partial charge in [0.1, 0.15) is 17.1 Å². The standard InChI is InChI=1S/C17H17NO5/c19-15-9-8-12(11-14(15)17(21)22)18-16(20)7-4-10-23-13-5-2-1-3-6-13/h1-3,5-6,8-9,11,19H,4,7,10H2,(H,18,20)(H,21,22). The van der Waals surface area contributed by atoms with Gasteiger partial charge in [0.2, 0.25) is 5.91 Å². The summed E-state index contributed by atoms with van der Waals surface area (Å²) in [7, 11) is 0. The molecule has 23 heavy (non-hydrogen) atoms. The Morgan fingerprint density at radius 2 is 1.83 bits per heavy atom. The normalized spacial score (nSPS) is 10.1. The maximum Gasteiger partial charge on any atom is 0.339 e. The molecule has 2 rings (SSSR count). The van der Waals surface area contributed by atoms with E-state index in [9.17, 15) is 14.7 Å². The van der Waals surface area contributed by atoms with Gasteiger partial charge in [0.25, 0.3) is 0 Å². The number of carboxylic acid groups (broad SMARTS) is 1. The van der Waals surface area contributed by atoms with Crippen molar-refractivity contribution < 1.29 is 24.5 Å².